The Kier molecular flexibility index (Phi) is 7.43. The molecule has 2 rings (SSSR count). The quantitative estimate of drug-likeness (QED) is 0.477. The third kappa shape index (κ3) is 6.24. The first-order valence-electron chi connectivity index (χ1n) is 9.16. The molecule has 130 valence electrons. The second kappa shape index (κ2) is 9.58. The zero-order valence-corrected chi connectivity index (χ0v) is 15.0. The van der Waals surface area contributed by atoms with E-state index in [0.29, 0.717) is 0 Å². The number of aromatic nitrogens is 2. The lowest BCUT2D eigenvalue weighted by Gasteiger charge is -2.31. The summed E-state index contributed by atoms with van der Waals surface area (Å²) in [6, 6.07) is 1.96. The van der Waals surface area contributed by atoms with Crippen LogP contribution in [0.2, 0.25) is 0 Å². The minimum Gasteiger partial charge on any atom is -0.357 e. The number of nitrogens with one attached hydrogen (secondary N) is 1. The molecule has 0 atom stereocenters. The van der Waals surface area contributed by atoms with Gasteiger partial charge in [-0.2, -0.15) is 5.10 Å². The zero-order valence-electron chi connectivity index (χ0n) is 15.0. The van der Waals surface area contributed by atoms with E-state index in [1.807, 2.05) is 23.1 Å². The molecule has 1 aromatic rings. The van der Waals surface area contributed by atoms with Crippen LogP contribution in [0.25, 0.3) is 0 Å². The third-order valence-corrected chi connectivity index (χ3v) is 4.73. The molecule has 1 fully saturated rings. The van der Waals surface area contributed by atoms with E-state index in [-0.39, 0.29) is 0 Å². The van der Waals surface area contributed by atoms with Gasteiger partial charge in [0.05, 0.1) is 0 Å². The molecule has 1 heterocycles. The highest BCUT2D eigenvalue weighted by molar-refractivity contribution is 5.79. The fourth-order valence-corrected chi connectivity index (χ4v) is 3.31. The van der Waals surface area contributed by atoms with Gasteiger partial charge in [0, 0.05) is 45.6 Å². The highest BCUT2D eigenvalue weighted by atomic mass is 15.3. The van der Waals surface area contributed by atoms with E-state index in [9.17, 15) is 0 Å². The van der Waals surface area contributed by atoms with Crippen molar-refractivity contribution in [1.29, 1.82) is 0 Å². The Balaban J connectivity index is 1.77. The number of aryl methyl sites for hydroxylation is 1. The average Bonchev–Trinajstić information content (AvgIpc) is 3.06. The molecule has 0 amide bonds. The summed E-state index contributed by atoms with van der Waals surface area (Å²) >= 11 is 0. The van der Waals surface area contributed by atoms with Crippen LogP contribution in [0.1, 0.15) is 46.0 Å². The van der Waals surface area contributed by atoms with Gasteiger partial charge in [-0.15, -0.1) is 0 Å². The van der Waals surface area contributed by atoms with E-state index < -0.39 is 0 Å². The van der Waals surface area contributed by atoms with E-state index in [2.05, 4.69) is 36.2 Å². The van der Waals surface area contributed by atoms with Crippen LogP contribution in [0.5, 0.6) is 0 Å². The first-order valence-corrected chi connectivity index (χ1v) is 9.16. The SMILES string of the molecule is CCNC(=NCCCn1cccn1)N(C)CC1CCC(C)CC1. The van der Waals surface area contributed by atoms with Crippen LogP contribution in [0.4, 0.5) is 0 Å². The monoisotopic (exact) mass is 319 g/mol. The topological polar surface area (TPSA) is 45.5 Å². The molecule has 0 bridgehead atoms. The van der Waals surface area contributed by atoms with Crippen molar-refractivity contribution in [3.8, 4) is 0 Å². The Morgan fingerprint density at radius 2 is 2.13 bits per heavy atom. The third-order valence-electron chi connectivity index (χ3n) is 4.73. The Morgan fingerprint density at radius 3 is 2.78 bits per heavy atom. The number of hydrogen-bond donors (Lipinski definition) is 1. The van der Waals surface area contributed by atoms with Crippen molar-refractivity contribution < 1.29 is 0 Å². The minimum atomic E-state index is 0.823. The normalized spacial score (nSPS) is 22.1. The van der Waals surface area contributed by atoms with Gasteiger partial charge in [0.2, 0.25) is 0 Å². The number of rotatable bonds is 7. The van der Waals surface area contributed by atoms with Gasteiger partial charge in [-0.25, -0.2) is 0 Å². The van der Waals surface area contributed by atoms with E-state index in [4.69, 9.17) is 4.99 Å². The molecule has 5 nitrogen and oxygen atoms in total. The highest BCUT2D eigenvalue weighted by Gasteiger charge is 2.20. The maximum atomic E-state index is 4.78. The molecule has 5 heteroatoms. The van der Waals surface area contributed by atoms with E-state index in [0.717, 1.165) is 50.4 Å². The molecular weight excluding hydrogens is 286 g/mol. The minimum absolute atomic E-state index is 0.823. The van der Waals surface area contributed by atoms with Crippen molar-refractivity contribution in [1.82, 2.24) is 20.0 Å². The summed E-state index contributed by atoms with van der Waals surface area (Å²) < 4.78 is 1.97. The number of hydrogen-bond acceptors (Lipinski definition) is 2. The molecular formula is C18H33N5. The van der Waals surface area contributed by atoms with Crippen LogP contribution in [-0.4, -0.2) is 47.3 Å². The number of nitrogens with zero attached hydrogens (tertiary/aromatic N) is 4. The largest absolute Gasteiger partial charge is 0.357 e. The van der Waals surface area contributed by atoms with Crippen molar-refractivity contribution in [2.45, 2.75) is 52.5 Å². The van der Waals surface area contributed by atoms with Gasteiger partial charge >= 0.3 is 0 Å². The van der Waals surface area contributed by atoms with E-state index >= 15 is 0 Å². The Morgan fingerprint density at radius 1 is 1.35 bits per heavy atom. The Hall–Kier alpha value is -1.52. The molecule has 1 aliphatic rings. The van der Waals surface area contributed by atoms with Crippen LogP contribution in [0, 0.1) is 11.8 Å². The van der Waals surface area contributed by atoms with Gasteiger partial charge in [-0.1, -0.05) is 19.8 Å². The summed E-state index contributed by atoms with van der Waals surface area (Å²) in [5, 5.41) is 7.66. The molecule has 0 aliphatic heterocycles. The lowest BCUT2D eigenvalue weighted by molar-refractivity contribution is 0.250. The van der Waals surface area contributed by atoms with E-state index in [1.54, 1.807) is 0 Å². The molecule has 0 unspecified atom stereocenters. The summed E-state index contributed by atoms with van der Waals surface area (Å²) in [7, 11) is 2.17. The second-order valence-electron chi connectivity index (χ2n) is 6.86. The molecule has 0 saturated heterocycles. The number of guanidine groups is 1. The average molecular weight is 319 g/mol. The van der Waals surface area contributed by atoms with Gasteiger partial charge in [-0.05, 0) is 44.1 Å². The molecule has 0 spiro atoms. The molecule has 23 heavy (non-hydrogen) atoms. The highest BCUT2D eigenvalue weighted by Crippen LogP contribution is 2.28. The standard InChI is InChI=1S/C18H33N5/c1-4-19-18(20-11-5-13-23-14-6-12-21-23)22(3)15-17-9-7-16(2)8-10-17/h6,12,14,16-17H,4-5,7-11,13,15H2,1-3H3,(H,19,20). The summed E-state index contributed by atoms with van der Waals surface area (Å²) in [5.74, 6) is 2.79. The van der Waals surface area contributed by atoms with Gasteiger partial charge < -0.3 is 10.2 Å². The lowest BCUT2D eigenvalue weighted by Crippen LogP contribution is -2.42. The van der Waals surface area contributed by atoms with Gasteiger partial charge in [-0.3, -0.25) is 9.67 Å². The van der Waals surface area contributed by atoms with Crippen LogP contribution < -0.4 is 5.32 Å². The summed E-state index contributed by atoms with van der Waals surface area (Å²) in [5.41, 5.74) is 0. The summed E-state index contributed by atoms with van der Waals surface area (Å²) in [4.78, 5) is 7.10. The Bertz CT molecular complexity index is 446. The van der Waals surface area contributed by atoms with Crippen molar-refractivity contribution in [3.05, 3.63) is 18.5 Å². The fraction of sp³-hybridized carbons (Fsp3) is 0.778. The van der Waals surface area contributed by atoms with Crippen molar-refractivity contribution in [2.24, 2.45) is 16.8 Å². The van der Waals surface area contributed by atoms with Crippen molar-refractivity contribution in [2.75, 3.05) is 26.7 Å². The van der Waals surface area contributed by atoms with Crippen LogP contribution in [-0.2, 0) is 6.54 Å². The molecule has 1 N–H and O–H groups in total. The van der Waals surface area contributed by atoms with Gasteiger partial charge in [0.1, 0.15) is 0 Å². The lowest BCUT2D eigenvalue weighted by atomic mass is 9.83. The van der Waals surface area contributed by atoms with Gasteiger partial charge in [0.25, 0.3) is 0 Å². The molecule has 1 aliphatic carbocycles. The number of aliphatic imine (C=N–C) groups is 1. The second-order valence-corrected chi connectivity index (χ2v) is 6.86. The smallest absolute Gasteiger partial charge is 0.193 e. The summed E-state index contributed by atoms with van der Waals surface area (Å²) in [6.45, 7) is 8.33. The van der Waals surface area contributed by atoms with Crippen LogP contribution in [0.15, 0.2) is 23.5 Å². The first kappa shape index (κ1) is 17.8. The van der Waals surface area contributed by atoms with Crippen molar-refractivity contribution in [3.63, 3.8) is 0 Å². The maximum absolute atomic E-state index is 4.78. The molecule has 0 aromatic carbocycles. The molecule has 1 saturated carbocycles. The van der Waals surface area contributed by atoms with Crippen molar-refractivity contribution >= 4 is 5.96 Å². The van der Waals surface area contributed by atoms with Crippen LogP contribution in [0.3, 0.4) is 0 Å². The van der Waals surface area contributed by atoms with E-state index in [1.165, 1.54) is 25.7 Å². The molecule has 0 radical (unpaired) electrons. The fourth-order valence-electron chi connectivity index (χ4n) is 3.31. The molecule has 1 aromatic heterocycles. The Labute approximate surface area is 141 Å². The predicted molar refractivity (Wildman–Crippen MR) is 96.6 cm³/mol. The first-order chi connectivity index (χ1) is 11.2. The zero-order chi connectivity index (χ0) is 16.5. The van der Waals surface area contributed by atoms with Crippen LogP contribution >= 0.6 is 0 Å². The maximum Gasteiger partial charge on any atom is 0.193 e. The summed E-state index contributed by atoms with van der Waals surface area (Å²) in [6.07, 6.45) is 10.4. The van der Waals surface area contributed by atoms with Gasteiger partial charge in [0.15, 0.2) is 5.96 Å². The predicted octanol–water partition coefficient (Wildman–Crippen LogP) is 3.00.